The maximum atomic E-state index is 12.3. The van der Waals surface area contributed by atoms with E-state index in [9.17, 15) is 14.7 Å². The summed E-state index contributed by atoms with van der Waals surface area (Å²) >= 11 is 0. The van der Waals surface area contributed by atoms with E-state index in [0.29, 0.717) is 26.3 Å². The van der Waals surface area contributed by atoms with Gasteiger partial charge in [0.25, 0.3) is 0 Å². The van der Waals surface area contributed by atoms with Crippen LogP contribution in [-0.2, 0) is 25.5 Å². The highest BCUT2D eigenvalue weighted by Crippen LogP contribution is 2.17. The summed E-state index contributed by atoms with van der Waals surface area (Å²) in [6.45, 7) is 2.07. The first kappa shape index (κ1) is 19.5. The molecule has 0 saturated carbocycles. The third-order valence-electron chi connectivity index (χ3n) is 4.74. The van der Waals surface area contributed by atoms with Crippen LogP contribution in [0.4, 0.5) is 0 Å². The second-order valence-corrected chi connectivity index (χ2v) is 6.73. The Balaban J connectivity index is 1.52. The van der Waals surface area contributed by atoms with Crippen LogP contribution in [0.5, 0.6) is 0 Å². The fourth-order valence-corrected chi connectivity index (χ4v) is 3.27. The Bertz CT molecular complexity index is 658. The Morgan fingerprint density at radius 3 is 2.59 bits per heavy atom. The van der Waals surface area contributed by atoms with Crippen LogP contribution in [0.25, 0.3) is 0 Å². The van der Waals surface area contributed by atoms with Gasteiger partial charge in [-0.3, -0.25) is 9.59 Å². The molecule has 0 aliphatic carbocycles. The van der Waals surface area contributed by atoms with Crippen molar-refractivity contribution in [2.45, 2.75) is 31.1 Å². The molecular weight excluding hydrogens is 348 g/mol. The number of hydrogen-bond donors (Lipinski definition) is 2. The molecule has 1 fully saturated rings. The van der Waals surface area contributed by atoms with Gasteiger partial charge in [0, 0.05) is 13.1 Å². The third-order valence-corrected chi connectivity index (χ3v) is 4.74. The van der Waals surface area contributed by atoms with Crippen LogP contribution >= 0.6 is 0 Å². The molecule has 3 atom stereocenters. The lowest BCUT2D eigenvalue weighted by Crippen LogP contribution is -2.50. The number of carbonyl (C=O) groups is 2. The topological polar surface area (TPSA) is 88.1 Å². The number of ether oxygens (including phenoxy) is 2. The van der Waals surface area contributed by atoms with Crippen molar-refractivity contribution in [2.75, 3.05) is 32.9 Å². The second-order valence-electron chi connectivity index (χ2n) is 6.73. The molecule has 1 aromatic carbocycles. The number of aliphatic hydroxyl groups is 1. The summed E-state index contributed by atoms with van der Waals surface area (Å²) in [6.07, 6.45) is 3.11. The van der Waals surface area contributed by atoms with Crippen molar-refractivity contribution in [3.05, 3.63) is 48.0 Å². The number of morpholine rings is 1. The van der Waals surface area contributed by atoms with E-state index in [-0.39, 0.29) is 31.3 Å². The molecular formula is C20H26N2O5. The highest BCUT2D eigenvalue weighted by Gasteiger charge is 2.30. The molecule has 1 saturated heterocycles. The third kappa shape index (κ3) is 5.63. The van der Waals surface area contributed by atoms with E-state index in [1.165, 1.54) is 0 Å². The highest BCUT2D eigenvalue weighted by atomic mass is 16.5. The Labute approximate surface area is 158 Å². The van der Waals surface area contributed by atoms with E-state index in [1.807, 2.05) is 36.4 Å². The van der Waals surface area contributed by atoms with E-state index < -0.39 is 18.2 Å². The number of amides is 2. The average molecular weight is 374 g/mol. The van der Waals surface area contributed by atoms with Gasteiger partial charge in [-0.05, 0) is 5.56 Å². The van der Waals surface area contributed by atoms with Gasteiger partial charge in [0.15, 0.2) is 0 Å². The van der Waals surface area contributed by atoms with Crippen molar-refractivity contribution in [2.24, 2.45) is 0 Å². The van der Waals surface area contributed by atoms with Crippen molar-refractivity contribution < 1.29 is 24.2 Å². The summed E-state index contributed by atoms with van der Waals surface area (Å²) in [5.74, 6) is -0.128. The fourth-order valence-electron chi connectivity index (χ4n) is 3.27. The molecule has 0 radical (unpaired) electrons. The van der Waals surface area contributed by atoms with Crippen molar-refractivity contribution in [1.29, 1.82) is 0 Å². The zero-order valence-corrected chi connectivity index (χ0v) is 15.3. The molecule has 146 valence electrons. The van der Waals surface area contributed by atoms with Crippen molar-refractivity contribution in [3.63, 3.8) is 0 Å². The fraction of sp³-hybridized carbons (Fsp3) is 0.500. The largest absolute Gasteiger partial charge is 0.394 e. The number of carbonyl (C=O) groups excluding carboxylic acids is 2. The first-order chi connectivity index (χ1) is 13.2. The summed E-state index contributed by atoms with van der Waals surface area (Å²) in [5.41, 5.74) is 0.922. The summed E-state index contributed by atoms with van der Waals surface area (Å²) < 4.78 is 11.1. The van der Waals surface area contributed by atoms with E-state index in [4.69, 9.17) is 9.47 Å². The average Bonchev–Trinajstić information content (AvgIpc) is 2.70. The monoisotopic (exact) mass is 374 g/mol. The van der Waals surface area contributed by atoms with Crippen LogP contribution in [-0.4, -0.2) is 73.0 Å². The maximum Gasteiger partial charge on any atom is 0.225 e. The molecule has 7 nitrogen and oxygen atoms in total. The number of aliphatic hydroxyl groups excluding tert-OH is 1. The molecule has 2 heterocycles. The van der Waals surface area contributed by atoms with Crippen LogP contribution in [0.1, 0.15) is 12.0 Å². The van der Waals surface area contributed by atoms with E-state index >= 15 is 0 Å². The van der Waals surface area contributed by atoms with Crippen molar-refractivity contribution in [3.8, 4) is 0 Å². The molecule has 7 heteroatoms. The van der Waals surface area contributed by atoms with Gasteiger partial charge in [0.05, 0.1) is 44.8 Å². The zero-order valence-electron chi connectivity index (χ0n) is 15.3. The van der Waals surface area contributed by atoms with E-state index in [0.717, 1.165) is 5.56 Å². The number of nitrogens with zero attached hydrogens (tertiary/aromatic N) is 1. The standard InChI is InChI=1S/C20H26N2O5/c23-14-18-17(21-19(24)12-15-4-2-1-3-5-15)7-6-16(27-18)13-20(25)22-8-10-26-11-9-22/h1-7,16-18,23H,8-14H2,(H,21,24)/t16-,17+,18+/m0/s1. The number of nitrogens with one attached hydrogen (secondary N) is 1. The van der Waals surface area contributed by atoms with Crippen LogP contribution in [0, 0.1) is 0 Å². The summed E-state index contributed by atoms with van der Waals surface area (Å²) in [5, 5.41) is 12.5. The molecule has 0 spiro atoms. The lowest BCUT2D eigenvalue weighted by Gasteiger charge is -2.33. The van der Waals surface area contributed by atoms with Gasteiger partial charge >= 0.3 is 0 Å². The molecule has 2 aliphatic heterocycles. The lowest BCUT2D eigenvalue weighted by molar-refractivity contribution is -0.140. The van der Waals surface area contributed by atoms with Crippen LogP contribution in [0.2, 0.25) is 0 Å². The molecule has 0 unspecified atom stereocenters. The van der Waals surface area contributed by atoms with E-state index in [2.05, 4.69) is 5.32 Å². The Hall–Kier alpha value is -2.22. The minimum absolute atomic E-state index is 0.0104. The quantitative estimate of drug-likeness (QED) is 0.699. The van der Waals surface area contributed by atoms with Gasteiger partial charge in [0.1, 0.15) is 6.10 Å². The van der Waals surface area contributed by atoms with Crippen LogP contribution in [0.3, 0.4) is 0 Å². The first-order valence-corrected chi connectivity index (χ1v) is 9.29. The van der Waals surface area contributed by atoms with Crippen LogP contribution < -0.4 is 5.32 Å². The van der Waals surface area contributed by atoms with Crippen molar-refractivity contribution >= 4 is 11.8 Å². The Morgan fingerprint density at radius 2 is 1.89 bits per heavy atom. The van der Waals surface area contributed by atoms with Crippen LogP contribution in [0.15, 0.2) is 42.5 Å². The number of hydrogen-bond acceptors (Lipinski definition) is 5. The van der Waals surface area contributed by atoms with Gasteiger partial charge in [-0.2, -0.15) is 0 Å². The molecule has 2 N–H and O–H groups in total. The zero-order chi connectivity index (χ0) is 19.1. The van der Waals surface area contributed by atoms with E-state index in [1.54, 1.807) is 11.0 Å². The maximum absolute atomic E-state index is 12.3. The Kier molecular flexibility index (Phi) is 6.98. The Morgan fingerprint density at radius 1 is 1.15 bits per heavy atom. The summed E-state index contributed by atoms with van der Waals surface area (Å²) in [4.78, 5) is 26.4. The minimum atomic E-state index is -0.572. The van der Waals surface area contributed by atoms with Gasteiger partial charge in [-0.1, -0.05) is 42.5 Å². The molecule has 3 rings (SSSR count). The van der Waals surface area contributed by atoms with Gasteiger partial charge in [0.2, 0.25) is 11.8 Å². The smallest absolute Gasteiger partial charge is 0.225 e. The SMILES string of the molecule is O=C(Cc1ccccc1)N[C@@H]1C=C[C@@H](CC(=O)N2CCOCC2)O[C@@H]1CO. The summed E-state index contributed by atoms with van der Waals surface area (Å²) in [6, 6.07) is 9.05. The van der Waals surface area contributed by atoms with Gasteiger partial charge < -0.3 is 24.8 Å². The molecule has 2 amide bonds. The highest BCUT2D eigenvalue weighted by molar-refractivity contribution is 5.79. The molecule has 0 bridgehead atoms. The summed E-state index contributed by atoms with van der Waals surface area (Å²) in [7, 11) is 0. The molecule has 2 aliphatic rings. The molecule has 0 aromatic heterocycles. The minimum Gasteiger partial charge on any atom is -0.394 e. The van der Waals surface area contributed by atoms with Gasteiger partial charge in [-0.25, -0.2) is 0 Å². The normalized spacial score (nSPS) is 25.2. The molecule has 27 heavy (non-hydrogen) atoms. The second kappa shape index (κ2) is 9.64. The first-order valence-electron chi connectivity index (χ1n) is 9.29. The number of benzene rings is 1. The lowest BCUT2D eigenvalue weighted by atomic mass is 10.0. The van der Waals surface area contributed by atoms with Crippen molar-refractivity contribution in [1.82, 2.24) is 10.2 Å². The predicted molar refractivity (Wildman–Crippen MR) is 99.0 cm³/mol. The number of rotatable bonds is 6. The predicted octanol–water partition coefficient (Wildman–Crippen LogP) is 0.279. The molecule has 1 aromatic rings. The van der Waals surface area contributed by atoms with Gasteiger partial charge in [-0.15, -0.1) is 0 Å².